The first-order valence-electron chi connectivity index (χ1n) is 10.4. The lowest BCUT2D eigenvalue weighted by atomic mass is 9.98. The van der Waals surface area contributed by atoms with Gasteiger partial charge in [0.05, 0.1) is 16.5 Å². The molecule has 9 heteroatoms. The molecule has 1 saturated heterocycles. The Morgan fingerprint density at radius 2 is 1.97 bits per heavy atom. The van der Waals surface area contributed by atoms with Gasteiger partial charge in [0, 0.05) is 25.3 Å². The van der Waals surface area contributed by atoms with E-state index < -0.39 is 10.0 Å². The van der Waals surface area contributed by atoms with Gasteiger partial charge in [0.25, 0.3) is 5.91 Å². The van der Waals surface area contributed by atoms with Crippen LogP contribution in [0.1, 0.15) is 18.4 Å². The van der Waals surface area contributed by atoms with Crippen molar-refractivity contribution in [1.82, 2.24) is 4.31 Å². The third-order valence-corrected chi connectivity index (χ3v) is 7.97. The number of amides is 2. The van der Waals surface area contributed by atoms with Gasteiger partial charge < -0.3 is 15.0 Å². The van der Waals surface area contributed by atoms with E-state index in [1.165, 1.54) is 16.4 Å². The number of nitrogens with zero attached hydrogens (tertiary/aromatic N) is 2. The maximum atomic E-state index is 13.3. The zero-order chi connectivity index (χ0) is 21.6. The second-order valence-electron chi connectivity index (χ2n) is 8.07. The molecule has 5 rings (SSSR count). The summed E-state index contributed by atoms with van der Waals surface area (Å²) in [6, 6.07) is 12.3. The van der Waals surface area contributed by atoms with Gasteiger partial charge in [0.2, 0.25) is 15.9 Å². The molecule has 0 saturated carbocycles. The summed E-state index contributed by atoms with van der Waals surface area (Å²) >= 11 is 0. The van der Waals surface area contributed by atoms with Crippen LogP contribution in [0.25, 0.3) is 0 Å². The zero-order valence-electron chi connectivity index (χ0n) is 16.9. The summed E-state index contributed by atoms with van der Waals surface area (Å²) in [7, 11) is -3.81. The standard InChI is InChI=1S/C22H23N3O5S/c26-21-14-30-20-8-7-17(12-18(20)23-21)31(28,29)24-10-3-5-16(13-24)22(27)25-11-9-15-4-1-2-6-19(15)25/h1-2,4,6-8,12,16H,3,5,9-11,13-14H2,(H,23,26)/t16-/m1/s1. The molecular weight excluding hydrogens is 418 g/mol. The molecule has 0 unspecified atom stereocenters. The fourth-order valence-electron chi connectivity index (χ4n) is 4.52. The molecule has 162 valence electrons. The van der Waals surface area contributed by atoms with E-state index in [-0.39, 0.29) is 35.8 Å². The Morgan fingerprint density at radius 3 is 2.84 bits per heavy atom. The Morgan fingerprint density at radius 1 is 1.13 bits per heavy atom. The lowest BCUT2D eigenvalue weighted by Crippen LogP contribution is -2.46. The maximum absolute atomic E-state index is 13.3. The molecule has 1 atom stereocenters. The van der Waals surface area contributed by atoms with Crippen LogP contribution in [0.4, 0.5) is 11.4 Å². The van der Waals surface area contributed by atoms with E-state index in [9.17, 15) is 18.0 Å². The van der Waals surface area contributed by atoms with E-state index in [1.807, 2.05) is 24.3 Å². The van der Waals surface area contributed by atoms with Crippen molar-refractivity contribution in [3.63, 3.8) is 0 Å². The minimum Gasteiger partial charge on any atom is -0.482 e. The average Bonchev–Trinajstić information content (AvgIpc) is 3.22. The summed E-state index contributed by atoms with van der Waals surface area (Å²) in [6.07, 6.45) is 2.10. The van der Waals surface area contributed by atoms with E-state index in [4.69, 9.17) is 4.74 Å². The first-order valence-corrected chi connectivity index (χ1v) is 11.8. The summed E-state index contributed by atoms with van der Waals surface area (Å²) in [5.41, 5.74) is 2.42. The second-order valence-corrected chi connectivity index (χ2v) is 10.0. The molecule has 0 aliphatic carbocycles. The predicted molar refractivity (Wildman–Crippen MR) is 115 cm³/mol. The quantitative estimate of drug-likeness (QED) is 0.786. The van der Waals surface area contributed by atoms with Crippen molar-refractivity contribution >= 4 is 33.2 Å². The van der Waals surface area contributed by atoms with E-state index in [0.717, 1.165) is 17.7 Å². The monoisotopic (exact) mass is 441 g/mol. The number of rotatable bonds is 3. The van der Waals surface area contributed by atoms with E-state index >= 15 is 0 Å². The lowest BCUT2D eigenvalue weighted by molar-refractivity contribution is -0.123. The number of anilines is 2. The Kier molecular flexibility index (Phi) is 4.94. The van der Waals surface area contributed by atoms with Gasteiger partial charge in [0.15, 0.2) is 6.61 Å². The largest absolute Gasteiger partial charge is 0.482 e. The molecule has 0 bridgehead atoms. The van der Waals surface area contributed by atoms with Gasteiger partial charge in [-0.05, 0) is 49.1 Å². The summed E-state index contributed by atoms with van der Waals surface area (Å²) in [5.74, 6) is -0.277. The molecule has 0 radical (unpaired) electrons. The number of ether oxygens (including phenoxy) is 1. The Balaban J connectivity index is 1.36. The number of piperidine rings is 1. The van der Waals surface area contributed by atoms with Crippen LogP contribution >= 0.6 is 0 Å². The van der Waals surface area contributed by atoms with Gasteiger partial charge in [-0.25, -0.2) is 8.42 Å². The van der Waals surface area contributed by atoms with Crippen molar-refractivity contribution in [2.75, 3.05) is 36.5 Å². The first-order chi connectivity index (χ1) is 14.9. The molecular formula is C22H23N3O5S. The van der Waals surface area contributed by atoms with Gasteiger partial charge in [-0.3, -0.25) is 9.59 Å². The maximum Gasteiger partial charge on any atom is 0.262 e. The molecule has 2 aromatic carbocycles. The number of benzene rings is 2. The van der Waals surface area contributed by atoms with Crippen molar-refractivity contribution in [1.29, 1.82) is 0 Å². The van der Waals surface area contributed by atoms with Crippen LogP contribution in [-0.4, -0.2) is 50.8 Å². The number of para-hydroxylation sites is 1. The number of carbonyl (C=O) groups excluding carboxylic acids is 2. The second kappa shape index (κ2) is 7.65. The highest BCUT2D eigenvalue weighted by atomic mass is 32.2. The van der Waals surface area contributed by atoms with Crippen LogP contribution in [-0.2, 0) is 26.0 Å². The highest BCUT2D eigenvalue weighted by molar-refractivity contribution is 7.89. The summed E-state index contributed by atoms with van der Waals surface area (Å²) < 4.78 is 33.3. The van der Waals surface area contributed by atoms with Crippen LogP contribution in [0.15, 0.2) is 47.4 Å². The molecule has 0 spiro atoms. The Hall–Kier alpha value is -2.91. The van der Waals surface area contributed by atoms with E-state index in [0.29, 0.717) is 37.4 Å². The molecule has 0 aromatic heterocycles. The minimum atomic E-state index is -3.81. The molecule has 31 heavy (non-hydrogen) atoms. The molecule has 2 aromatic rings. The van der Waals surface area contributed by atoms with Crippen LogP contribution in [0.3, 0.4) is 0 Å². The van der Waals surface area contributed by atoms with Gasteiger partial charge in [-0.1, -0.05) is 18.2 Å². The third-order valence-electron chi connectivity index (χ3n) is 6.11. The number of sulfonamides is 1. The topological polar surface area (TPSA) is 96.0 Å². The summed E-state index contributed by atoms with van der Waals surface area (Å²) in [4.78, 5) is 26.7. The number of nitrogens with one attached hydrogen (secondary N) is 1. The van der Waals surface area contributed by atoms with Gasteiger partial charge in [-0.15, -0.1) is 0 Å². The van der Waals surface area contributed by atoms with Gasteiger partial charge in [-0.2, -0.15) is 4.31 Å². The lowest BCUT2D eigenvalue weighted by Gasteiger charge is -2.33. The normalized spacial score (nSPS) is 21.1. The molecule has 3 aliphatic heterocycles. The van der Waals surface area contributed by atoms with Crippen LogP contribution < -0.4 is 15.0 Å². The smallest absolute Gasteiger partial charge is 0.262 e. The van der Waals surface area contributed by atoms with Crippen LogP contribution in [0.5, 0.6) is 5.75 Å². The molecule has 3 heterocycles. The number of carbonyl (C=O) groups is 2. The van der Waals surface area contributed by atoms with E-state index in [2.05, 4.69) is 5.32 Å². The van der Waals surface area contributed by atoms with E-state index in [1.54, 1.807) is 11.0 Å². The fraction of sp³-hybridized carbons (Fsp3) is 0.364. The van der Waals surface area contributed by atoms with Crippen molar-refractivity contribution < 1.29 is 22.7 Å². The molecule has 3 aliphatic rings. The number of fused-ring (bicyclic) bond motifs is 2. The zero-order valence-corrected chi connectivity index (χ0v) is 17.7. The molecule has 8 nitrogen and oxygen atoms in total. The van der Waals surface area contributed by atoms with Crippen molar-refractivity contribution in [2.45, 2.75) is 24.2 Å². The molecule has 1 fully saturated rings. The number of hydrogen-bond acceptors (Lipinski definition) is 5. The van der Waals surface area contributed by atoms with Crippen LogP contribution in [0.2, 0.25) is 0 Å². The fourth-order valence-corrected chi connectivity index (χ4v) is 6.07. The Bertz CT molecular complexity index is 1160. The first kappa shape index (κ1) is 20.0. The SMILES string of the molecule is O=C1COc2ccc(S(=O)(=O)N3CCC[C@@H](C(=O)N4CCc5ccccc54)C3)cc2N1. The predicted octanol–water partition coefficient (Wildman–Crippen LogP) is 2.01. The third kappa shape index (κ3) is 3.57. The molecule has 1 N–H and O–H groups in total. The average molecular weight is 442 g/mol. The summed E-state index contributed by atoms with van der Waals surface area (Å²) in [5, 5.41) is 2.64. The van der Waals surface area contributed by atoms with Gasteiger partial charge in [0.1, 0.15) is 5.75 Å². The number of hydrogen-bond donors (Lipinski definition) is 1. The Labute approximate surface area is 180 Å². The van der Waals surface area contributed by atoms with Crippen LogP contribution in [0, 0.1) is 5.92 Å². The minimum absolute atomic E-state index is 0.0176. The van der Waals surface area contributed by atoms with Gasteiger partial charge >= 0.3 is 0 Å². The van der Waals surface area contributed by atoms with Crippen molar-refractivity contribution in [3.05, 3.63) is 48.0 Å². The van der Waals surface area contributed by atoms with Crippen molar-refractivity contribution in [2.24, 2.45) is 5.92 Å². The molecule has 2 amide bonds. The van der Waals surface area contributed by atoms with Crippen molar-refractivity contribution in [3.8, 4) is 5.75 Å². The highest BCUT2D eigenvalue weighted by Gasteiger charge is 2.37. The summed E-state index contributed by atoms with van der Waals surface area (Å²) in [6.45, 7) is 1.06. The highest BCUT2D eigenvalue weighted by Crippen LogP contribution is 2.34.